The Kier molecular flexibility index (Phi) is 7.08. The molecule has 0 unspecified atom stereocenters. The summed E-state index contributed by atoms with van der Waals surface area (Å²) in [7, 11) is 1.35. The fraction of sp³-hybridized carbons (Fsp3) is 0.211. The van der Waals surface area contributed by atoms with Crippen LogP contribution in [0.2, 0.25) is 0 Å². The maximum atomic E-state index is 12.0. The van der Waals surface area contributed by atoms with E-state index in [0.717, 1.165) is 6.07 Å². The average molecular weight is 399 g/mol. The molecule has 0 aliphatic heterocycles. The van der Waals surface area contributed by atoms with E-state index < -0.39 is 29.5 Å². The Morgan fingerprint density at radius 2 is 1.93 bits per heavy atom. The molecule has 10 nitrogen and oxygen atoms in total. The van der Waals surface area contributed by atoms with Gasteiger partial charge in [-0.1, -0.05) is 0 Å². The summed E-state index contributed by atoms with van der Waals surface area (Å²) in [6.45, 7) is 0.827. The standard InChI is InChI=1S/C19H17N3O7/c1-12(29-15-6-3-13(10-20)4-7-15)19(24)28-11-18(23)21-16-9-14(22(25)26)5-8-17(16)27-2/h3-9,12H,11H2,1-2H3,(H,21,23)/t12-/m1/s1. The fourth-order valence-electron chi connectivity index (χ4n) is 2.21. The molecule has 2 aromatic rings. The Balaban J connectivity index is 1.91. The number of anilines is 1. The Morgan fingerprint density at radius 1 is 1.24 bits per heavy atom. The van der Waals surface area contributed by atoms with Gasteiger partial charge >= 0.3 is 5.97 Å². The van der Waals surface area contributed by atoms with E-state index in [1.165, 1.54) is 50.4 Å². The van der Waals surface area contributed by atoms with Crippen molar-refractivity contribution in [3.05, 3.63) is 58.1 Å². The van der Waals surface area contributed by atoms with Crippen molar-refractivity contribution in [1.82, 2.24) is 0 Å². The third-order valence-electron chi connectivity index (χ3n) is 3.64. The van der Waals surface area contributed by atoms with Crippen LogP contribution >= 0.6 is 0 Å². The Labute approximate surface area is 165 Å². The summed E-state index contributed by atoms with van der Waals surface area (Å²) in [6, 6.07) is 11.8. The van der Waals surface area contributed by atoms with Gasteiger partial charge in [-0.2, -0.15) is 5.26 Å². The second kappa shape index (κ2) is 9.70. The van der Waals surface area contributed by atoms with E-state index in [0.29, 0.717) is 11.3 Å². The second-order valence-corrected chi connectivity index (χ2v) is 5.69. The van der Waals surface area contributed by atoms with Crippen molar-refractivity contribution in [3.63, 3.8) is 0 Å². The number of carbonyl (C=O) groups is 2. The van der Waals surface area contributed by atoms with Crippen molar-refractivity contribution in [2.45, 2.75) is 13.0 Å². The van der Waals surface area contributed by atoms with Crippen molar-refractivity contribution in [1.29, 1.82) is 5.26 Å². The van der Waals surface area contributed by atoms with Gasteiger partial charge in [0.15, 0.2) is 12.7 Å². The number of non-ortho nitro benzene ring substituents is 1. The summed E-state index contributed by atoms with van der Waals surface area (Å²) in [6.07, 6.45) is -0.997. The zero-order valence-corrected chi connectivity index (χ0v) is 15.6. The molecule has 0 aromatic heterocycles. The van der Waals surface area contributed by atoms with E-state index in [4.69, 9.17) is 19.5 Å². The molecule has 0 aliphatic rings. The number of amides is 1. The molecule has 1 atom stereocenters. The monoisotopic (exact) mass is 399 g/mol. The van der Waals surface area contributed by atoms with Gasteiger partial charge in [0.1, 0.15) is 11.5 Å². The molecule has 0 heterocycles. The van der Waals surface area contributed by atoms with Crippen molar-refractivity contribution in [3.8, 4) is 17.6 Å². The number of carbonyl (C=O) groups excluding carboxylic acids is 2. The largest absolute Gasteiger partial charge is 0.495 e. The average Bonchev–Trinajstić information content (AvgIpc) is 2.72. The highest BCUT2D eigenvalue weighted by molar-refractivity contribution is 5.94. The molecule has 0 saturated carbocycles. The highest BCUT2D eigenvalue weighted by Crippen LogP contribution is 2.28. The van der Waals surface area contributed by atoms with Gasteiger partial charge in [0, 0.05) is 12.1 Å². The minimum atomic E-state index is -0.997. The molecule has 2 aromatic carbocycles. The molecule has 0 saturated heterocycles. The Bertz CT molecular complexity index is 951. The number of ether oxygens (including phenoxy) is 3. The quantitative estimate of drug-likeness (QED) is 0.405. The highest BCUT2D eigenvalue weighted by Gasteiger charge is 2.19. The van der Waals surface area contributed by atoms with Gasteiger partial charge in [-0.15, -0.1) is 0 Å². The fourth-order valence-corrected chi connectivity index (χ4v) is 2.21. The molecule has 0 spiro atoms. The zero-order chi connectivity index (χ0) is 21.4. The lowest BCUT2D eigenvalue weighted by atomic mass is 10.2. The molecule has 1 amide bonds. The molecule has 29 heavy (non-hydrogen) atoms. The van der Waals surface area contributed by atoms with Crippen LogP contribution in [0.15, 0.2) is 42.5 Å². The lowest BCUT2D eigenvalue weighted by Gasteiger charge is -2.14. The van der Waals surface area contributed by atoms with Crippen LogP contribution in [0.25, 0.3) is 0 Å². The van der Waals surface area contributed by atoms with Crippen LogP contribution in [-0.4, -0.2) is 36.6 Å². The molecular weight excluding hydrogens is 382 g/mol. The summed E-state index contributed by atoms with van der Waals surface area (Å²) < 4.78 is 15.3. The molecular formula is C19H17N3O7. The van der Waals surface area contributed by atoms with Gasteiger partial charge in [-0.05, 0) is 37.3 Å². The number of esters is 1. The van der Waals surface area contributed by atoms with E-state index in [9.17, 15) is 19.7 Å². The van der Waals surface area contributed by atoms with Gasteiger partial charge in [-0.25, -0.2) is 4.79 Å². The number of nitriles is 1. The summed E-state index contributed by atoms with van der Waals surface area (Å²) >= 11 is 0. The first-order valence-electron chi connectivity index (χ1n) is 8.29. The maximum Gasteiger partial charge on any atom is 0.347 e. The van der Waals surface area contributed by atoms with Crippen molar-refractivity contribution >= 4 is 23.3 Å². The van der Waals surface area contributed by atoms with Crippen LogP contribution in [0, 0.1) is 21.4 Å². The lowest BCUT2D eigenvalue weighted by Crippen LogP contribution is -2.29. The predicted octanol–water partition coefficient (Wildman–Crippen LogP) is 2.42. The van der Waals surface area contributed by atoms with Crippen molar-refractivity contribution < 1.29 is 28.7 Å². The van der Waals surface area contributed by atoms with Crippen LogP contribution < -0.4 is 14.8 Å². The normalized spacial score (nSPS) is 10.9. The minimum absolute atomic E-state index is 0.0737. The van der Waals surface area contributed by atoms with E-state index in [1.807, 2.05) is 6.07 Å². The van der Waals surface area contributed by atoms with Gasteiger partial charge in [0.25, 0.3) is 11.6 Å². The second-order valence-electron chi connectivity index (χ2n) is 5.69. The zero-order valence-electron chi connectivity index (χ0n) is 15.6. The van der Waals surface area contributed by atoms with E-state index in [2.05, 4.69) is 5.32 Å². The van der Waals surface area contributed by atoms with Gasteiger partial charge in [0.2, 0.25) is 0 Å². The number of nitrogens with one attached hydrogen (secondary N) is 1. The van der Waals surface area contributed by atoms with E-state index >= 15 is 0 Å². The number of nitrogens with zero attached hydrogens (tertiary/aromatic N) is 2. The van der Waals surface area contributed by atoms with Crippen LogP contribution in [0.3, 0.4) is 0 Å². The summed E-state index contributed by atoms with van der Waals surface area (Å²) in [5.41, 5.74) is 0.285. The summed E-state index contributed by atoms with van der Waals surface area (Å²) in [4.78, 5) is 34.3. The molecule has 0 fully saturated rings. The number of benzene rings is 2. The highest BCUT2D eigenvalue weighted by atomic mass is 16.6. The Morgan fingerprint density at radius 3 is 2.52 bits per heavy atom. The summed E-state index contributed by atoms with van der Waals surface area (Å²) in [5.74, 6) is -0.912. The van der Waals surface area contributed by atoms with Crippen LogP contribution in [-0.2, 0) is 14.3 Å². The molecule has 0 aliphatic carbocycles. The third-order valence-corrected chi connectivity index (χ3v) is 3.64. The maximum absolute atomic E-state index is 12.0. The molecule has 2 rings (SSSR count). The van der Waals surface area contributed by atoms with Gasteiger partial charge < -0.3 is 19.5 Å². The van der Waals surface area contributed by atoms with Crippen LogP contribution in [0.4, 0.5) is 11.4 Å². The smallest absolute Gasteiger partial charge is 0.347 e. The number of hydrogen-bond acceptors (Lipinski definition) is 8. The van der Waals surface area contributed by atoms with E-state index in [-0.39, 0.29) is 17.1 Å². The topological polar surface area (TPSA) is 141 Å². The number of methoxy groups -OCH3 is 1. The SMILES string of the molecule is COc1ccc([N+](=O)[O-])cc1NC(=O)COC(=O)[C@@H](C)Oc1ccc(C#N)cc1. The first kappa shape index (κ1) is 21.2. The molecule has 150 valence electrons. The molecule has 0 bridgehead atoms. The molecule has 1 N–H and O–H groups in total. The van der Waals surface area contributed by atoms with Crippen LogP contribution in [0.5, 0.6) is 11.5 Å². The number of nitro groups is 1. The number of nitro benzene ring substituents is 1. The van der Waals surface area contributed by atoms with Gasteiger partial charge in [0.05, 0.1) is 29.4 Å². The first-order chi connectivity index (χ1) is 13.8. The molecule has 0 radical (unpaired) electrons. The first-order valence-corrected chi connectivity index (χ1v) is 8.29. The minimum Gasteiger partial charge on any atom is -0.495 e. The Hall–Kier alpha value is -4.13. The lowest BCUT2D eigenvalue weighted by molar-refractivity contribution is -0.384. The van der Waals surface area contributed by atoms with Crippen molar-refractivity contribution in [2.75, 3.05) is 19.0 Å². The number of hydrogen-bond donors (Lipinski definition) is 1. The van der Waals surface area contributed by atoms with Crippen molar-refractivity contribution in [2.24, 2.45) is 0 Å². The summed E-state index contributed by atoms with van der Waals surface area (Å²) in [5, 5.41) is 22.0. The predicted molar refractivity (Wildman–Crippen MR) is 100 cm³/mol. The third kappa shape index (κ3) is 5.93. The van der Waals surface area contributed by atoms with E-state index in [1.54, 1.807) is 0 Å². The van der Waals surface area contributed by atoms with Crippen LogP contribution in [0.1, 0.15) is 12.5 Å². The molecule has 10 heteroatoms. The number of rotatable bonds is 8. The van der Waals surface area contributed by atoms with Gasteiger partial charge in [-0.3, -0.25) is 14.9 Å².